The molecule has 0 radical (unpaired) electrons. The number of anilines is 2. The van der Waals surface area contributed by atoms with Gasteiger partial charge in [0.25, 0.3) is 11.8 Å². The topological polar surface area (TPSA) is 61.9 Å². The molecule has 2 aliphatic rings. The second kappa shape index (κ2) is 9.82. The lowest BCUT2D eigenvalue weighted by molar-refractivity contribution is -0.00653. The summed E-state index contributed by atoms with van der Waals surface area (Å²) < 4.78 is 5.71. The zero-order chi connectivity index (χ0) is 24.5. The van der Waals surface area contributed by atoms with E-state index in [1.54, 1.807) is 24.3 Å². The molecule has 0 aromatic heterocycles. The highest BCUT2D eigenvalue weighted by Gasteiger charge is 2.33. The molecule has 0 aliphatic carbocycles. The van der Waals surface area contributed by atoms with Crippen molar-refractivity contribution in [2.24, 2.45) is 0 Å². The van der Waals surface area contributed by atoms with Gasteiger partial charge in [-0.2, -0.15) is 0 Å². The highest BCUT2D eigenvalue weighted by Crippen LogP contribution is 2.31. The number of ether oxygens (including phenoxy) is 1. The highest BCUT2D eigenvalue weighted by atomic mass is 35.5. The molecule has 180 valence electrons. The first-order valence-electron chi connectivity index (χ1n) is 11.8. The van der Waals surface area contributed by atoms with Crippen LogP contribution in [-0.4, -0.2) is 49.1 Å². The second-order valence-electron chi connectivity index (χ2n) is 9.14. The fraction of sp³-hybridized carbons (Fsp3) is 0.286. The number of carbonyl (C=O) groups excluding carboxylic acids is 2. The summed E-state index contributed by atoms with van der Waals surface area (Å²) in [6.07, 6.45) is 0. The number of amides is 2. The average Bonchev–Trinajstić information content (AvgIpc) is 3.02. The molecule has 1 atom stereocenters. The van der Waals surface area contributed by atoms with Crippen LogP contribution in [0.1, 0.15) is 37.4 Å². The number of para-hydroxylation sites is 1. The van der Waals surface area contributed by atoms with Crippen LogP contribution in [0.4, 0.5) is 11.4 Å². The Morgan fingerprint density at radius 1 is 1.03 bits per heavy atom. The number of hydrogen-bond acceptors (Lipinski definition) is 4. The molecule has 6 nitrogen and oxygen atoms in total. The van der Waals surface area contributed by atoms with Gasteiger partial charge in [0.2, 0.25) is 0 Å². The van der Waals surface area contributed by atoms with E-state index in [0.717, 1.165) is 35.5 Å². The Hall–Kier alpha value is -3.19. The van der Waals surface area contributed by atoms with Gasteiger partial charge in [0.15, 0.2) is 0 Å². The van der Waals surface area contributed by atoms with Crippen molar-refractivity contribution in [1.29, 1.82) is 0 Å². The van der Waals surface area contributed by atoms with E-state index in [-0.39, 0.29) is 17.9 Å². The predicted octanol–water partition coefficient (Wildman–Crippen LogP) is 5.07. The normalized spacial score (nSPS) is 17.8. The third-order valence-corrected chi connectivity index (χ3v) is 7.26. The van der Waals surface area contributed by atoms with Crippen molar-refractivity contribution in [3.63, 3.8) is 0 Å². The van der Waals surface area contributed by atoms with E-state index in [1.165, 1.54) is 0 Å². The molecule has 2 aliphatic heterocycles. The number of nitrogens with zero attached hydrogens (tertiary/aromatic N) is 2. The number of rotatable bonds is 3. The molecule has 2 heterocycles. The number of hydrogen-bond donors (Lipinski definition) is 1. The fourth-order valence-corrected chi connectivity index (χ4v) is 5.06. The van der Waals surface area contributed by atoms with Gasteiger partial charge in [-0.25, -0.2) is 0 Å². The molecule has 0 saturated carbocycles. The van der Waals surface area contributed by atoms with Gasteiger partial charge in [0.05, 0.1) is 29.8 Å². The molecule has 5 rings (SSSR count). The first kappa shape index (κ1) is 23.5. The molecule has 1 saturated heterocycles. The molecule has 1 unspecified atom stereocenters. The van der Waals surface area contributed by atoms with Gasteiger partial charge < -0.3 is 15.0 Å². The highest BCUT2D eigenvalue weighted by molar-refractivity contribution is 6.35. The minimum Gasteiger partial charge on any atom is -0.378 e. The van der Waals surface area contributed by atoms with E-state index in [4.69, 9.17) is 16.3 Å². The first-order valence-corrected chi connectivity index (χ1v) is 12.2. The number of benzene rings is 3. The Kier molecular flexibility index (Phi) is 6.60. The smallest absolute Gasteiger partial charge is 0.259 e. The minimum atomic E-state index is -0.208. The number of carbonyl (C=O) groups is 2. The van der Waals surface area contributed by atoms with Crippen LogP contribution in [-0.2, 0) is 11.3 Å². The number of halogens is 1. The van der Waals surface area contributed by atoms with Crippen molar-refractivity contribution >= 4 is 34.8 Å². The van der Waals surface area contributed by atoms with Crippen LogP contribution < -0.4 is 10.2 Å². The lowest BCUT2D eigenvalue weighted by Gasteiger charge is -2.35. The van der Waals surface area contributed by atoms with Crippen molar-refractivity contribution < 1.29 is 14.3 Å². The van der Waals surface area contributed by atoms with Crippen molar-refractivity contribution in [2.75, 3.05) is 36.5 Å². The van der Waals surface area contributed by atoms with E-state index in [2.05, 4.69) is 16.3 Å². The summed E-state index contributed by atoms with van der Waals surface area (Å²) in [5.74, 6) is -0.373. The third-order valence-electron chi connectivity index (χ3n) is 6.95. The van der Waals surface area contributed by atoms with Gasteiger partial charge in [-0.15, -0.1) is 0 Å². The Morgan fingerprint density at radius 2 is 1.86 bits per heavy atom. The van der Waals surface area contributed by atoms with Gasteiger partial charge in [-0.1, -0.05) is 41.9 Å². The minimum absolute atomic E-state index is 0.120. The lowest BCUT2D eigenvalue weighted by Crippen LogP contribution is -2.50. The van der Waals surface area contributed by atoms with E-state index in [9.17, 15) is 9.59 Å². The Morgan fingerprint density at radius 3 is 2.69 bits per heavy atom. The van der Waals surface area contributed by atoms with Gasteiger partial charge in [0.1, 0.15) is 0 Å². The molecule has 0 spiro atoms. The van der Waals surface area contributed by atoms with Crippen molar-refractivity contribution in [2.45, 2.75) is 26.4 Å². The Labute approximate surface area is 210 Å². The molecule has 0 bridgehead atoms. The largest absolute Gasteiger partial charge is 0.378 e. The number of morpholine rings is 1. The van der Waals surface area contributed by atoms with Crippen molar-refractivity contribution in [3.05, 3.63) is 93.5 Å². The van der Waals surface area contributed by atoms with Gasteiger partial charge in [0, 0.05) is 36.6 Å². The standard InChI is InChI=1S/C28H28ClN3O3/c1-18-6-5-8-23(19(18)2)27(33)30-21-10-11-24(25(29)14-21)28(34)32-16-22-17-35-13-12-31(22)15-20-7-3-4-9-26(20)32/h3-11,14,22H,12-13,15-17H2,1-2H3,(H,30,33). The molecule has 3 aromatic rings. The molecule has 1 fully saturated rings. The van der Waals surface area contributed by atoms with Crippen molar-refractivity contribution in [1.82, 2.24) is 4.90 Å². The molecule has 35 heavy (non-hydrogen) atoms. The summed E-state index contributed by atoms with van der Waals surface area (Å²) in [5, 5.41) is 3.20. The Balaban J connectivity index is 1.40. The van der Waals surface area contributed by atoms with E-state index in [1.807, 2.05) is 49.1 Å². The van der Waals surface area contributed by atoms with E-state index in [0.29, 0.717) is 41.6 Å². The van der Waals surface area contributed by atoms with Crippen LogP contribution in [0.2, 0.25) is 5.02 Å². The summed E-state index contributed by atoms with van der Waals surface area (Å²) in [4.78, 5) is 30.8. The molecular weight excluding hydrogens is 462 g/mol. The van der Waals surface area contributed by atoms with Crippen molar-refractivity contribution in [3.8, 4) is 0 Å². The molecule has 1 N–H and O–H groups in total. The maximum Gasteiger partial charge on any atom is 0.259 e. The molecule has 2 amide bonds. The number of fused-ring (bicyclic) bond motifs is 2. The van der Waals surface area contributed by atoms with Crippen LogP contribution >= 0.6 is 11.6 Å². The van der Waals surface area contributed by atoms with Crippen LogP contribution in [0.3, 0.4) is 0 Å². The molecule has 7 heteroatoms. The summed E-state index contributed by atoms with van der Waals surface area (Å²) in [7, 11) is 0. The Bertz CT molecular complexity index is 1290. The summed E-state index contributed by atoms with van der Waals surface area (Å²) in [6, 6.07) is 18.8. The van der Waals surface area contributed by atoms with E-state index < -0.39 is 0 Å². The SMILES string of the molecule is Cc1cccc(C(=O)Nc2ccc(C(=O)N3CC4COCCN4Cc4ccccc43)c(Cl)c2)c1C. The monoisotopic (exact) mass is 489 g/mol. The molecule has 3 aromatic carbocycles. The third kappa shape index (κ3) is 4.69. The zero-order valence-corrected chi connectivity index (χ0v) is 20.6. The lowest BCUT2D eigenvalue weighted by atomic mass is 10.0. The fourth-order valence-electron chi connectivity index (χ4n) is 4.80. The maximum absolute atomic E-state index is 13.7. The van der Waals surface area contributed by atoms with E-state index >= 15 is 0 Å². The van der Waals surface area contributed by atoms with Gasteiger partial charge >= 0.3 is 0 Å². The van der Waals surface area contributed by atoms with Crippen LogP contribution in [0.25, 0.3) is 0 Å². The zero-order valence-electron chi connectivity index (χ0n) is 19.9. The van der Waals surface area contributed by atoms with Crippen LogP contribution in [0.15, 0.2) is 60.7 Å². The quantitative estimate of drug-likeness (QED) is 0.558. The van der Waals surface area contributed by atoms with Crippen LogP contribution in [0.5, 0.6) is 0 Å². The molecular formula is C28H28ClN3O3. The number of aryl methyl sites for hydroxylation is 1. The maximum atomic E-state index is 13.7. The average molecular weight is 490 g/mol. The number of nitrogens with one attached hydrogen (secondary N) is 1. The summed E-state index contributed by atoms with van der Waals surface area (Å²) in [5.41, 5.74) is 5.55. The second-order valence-corrected chi connectivity index (χ2v) is 9.55. The van der Waals surface area contributed by atoms with Gasteiger partial charge in [-0.05, 0) is 60.9 Å². The predicted molar refractivity (Wildman–Crippen MR) is 138 cm³/mol. The van der Waals surface area contributed by atoms with Crippen LogP contribution in [0, 0.1) is 13.8 Å². The summed E-state index contributed by atoms with van der Waals surface area (Å²) >= 11 is 6.60. The first-order chi connectivity index (χ1) is 16.9. The van der Waals surface area contributed by atoms with Gasteiger partial charge in [-0.3, -0.25) is 14.5 Å². The summed E-state index contributed by atoms with van der Waals surface area (Å²) in [6.45, 7) is 7.35.